The van der Waals surface area contributed by atoms with E-state index in [2.05, 4.69) is 39.3 Å². The fourth-order valence-electron chi connectivity index (χ4n) is 3.61. The standard InChI is InChI=1S/C22H30N6O2/c1-15(2)20-24-16(3)14-18(25-20)27-10-12-28(13-11-27)19(17-8-6-5-7-9-17)21(29)26-22(30)23-4/h5-9,14-15,19H,10-13H2,1-4H3,(H2,23,26,29,30). The predicted molar refractivity (Wildman–Crippen MR) is 116 cm³/mol. The van der Waals surface area contributed by atoms with Crippen molar-refractivity contribution in [1.82, 2.24) is 25.5 Å². The van der Waals surface area contributed by atoms with Crippen molar-refractivity contribution in [2.45, 2.75) is 32.7 Å². The van der Waals surface area contributed by atoms with Crippen LogP contribution in [0.15, 0.2) is 36.4 Å². The summed E-state index contributed by atoms with van der Waals surface area (Å²) in [5, 5.41) is 4.87. The lowest BCUT2D eigenvalue weighted by Gasteiger charge is -2.39. The minimum atomic E-state index is -0.524. The molecule has 160 valence electrons. The molecule has 0 radical (unpaired) electrons. The lowest BCUT2D eigenvalue weighted by molar-refractivity contribution is -0.125. The molecule has 0 bridgehead atoms. The molecular formula is C22H30N6O2. The van der Waals surface area contributed by atoms with Crippen molar-refractivity contribution in [2.75, 3.05) is 38.1 Å². The molecule has 0 aliphatic carbocycles. The molecule has 8 nitrogen and oxygen atoms in total. The monoisotopic (exact) mass is 410 g/mol. The van der Waals surface area contributed by atoms with Gasteiger partial charge in [0.25, 0.3) is 0 Å². The second-order valence-corrected chi connectivity index (χ2v) is 7.79. The highest BCUT2D eigenvalue weighted by atomic mass is 16.2. The van der Waals surface area contributed by atoms with Gasteiger partial charge in [0.2, 0.25) is 5.91 Å². The molecule has 1 aromatic carbocycles. The molecule has 1 fully saturated rings. The summed E-state index contributed by atoms with van der Waals surface area (Å²) in [5.74, 6) is 1.71. The van der Waals surface area contributed by atoms with Crippen molar-refractivity contribution in [3.63, 3.8) is 0 Å². The quantitative estimate of drug-likeness (QED) is 0.786. The minimum Gasteiger partial charge on any atom is -0.354 e. The van der Waals surface area contributed by atoms with Gasteiger partial charge in [-0.1, -0.05) is 44.2 Å². The van der Waals surface area contributed by atoms with Crippen LogP contribution < -0.4 is 15.5 Å². The van der Waals surface area contributed by atoms with Crippen LogP contribution in [-0.2, 0) is 4.79 Å². The Morgan fingerprint density at radius 3 is 2.30 bits per heavy atom. The van der Waals surface area contributed by atoms with E-state index >= 15 is 0 Å². The molecule has 0 spiro atoms. The number of aryl methyl sites for hydroxylation is 1. The largest absolute Gasteiger partial charge is 0.354 e. The summed E-state index contributed by atoms with van der Waals surface area (Å²) in [6.45, 7) is 9.01. The molecule has 1 unspecified atom stereocenters. The first-order chi connectivity index (χ1) is 14.4. The number of hydrogen-bond acceptors (Lipinski definition) is 6. The zero-order chi connectivity index (χ0) is 21.7. The van der Waals surface area contributed by atoms with E-state index in [0.29, 0.717) is 13.1 Å². The Balaban J connectivity index is 1.76. The number of carbonyl (C=O) groups is 2. The van der Waals surface area contributed by atoms with Gasteiger partial charge in [0.1, 0.15) is 17.7 Å². The van der Waals surface area contributed by atoms with Crippen LogP contribution in [0.1, 0.15) is 42.9 Å². The summed E-state index contributed by atoms with van der Waals surface area (Å²) in [4.78, 5) is 38.2. The normalized spacial score (nSPS) is 15.7. The number of aromatic nitrogens is 2. The van der Waals surface area contributed by atoms with Gasteiger partial charge in [0, 0.05) is 50.9 Å². The van der Waals surface area contributed by atoms with Crippen LogP contribution in [0, 0.1) is 6.92 Å². The van der Waals surface area contributed by atoms with E-state index in [1.54, 1.807) is 0 Å². The first-order valence-corrected chi connectivity index (χ1v) is 10.3. The Labute approximate surface area is 177 Å². The summed E-state index contributed by atoms with van der Waals surface area (Å²) < 4.78 is 0. The molecule has 1 aliphatic heterocycles. The minimum absolute atomic E-state index is 0.265. The van der Waals surface area contributed by atoms with Crippen molar-refractivity contribution in [1.29, 1.82) is 0 Å². The Bertz CT molecular complexity index is 878. The van der Waals surface area contributed by atoms with E-state index in [1.807, 2.05) is 43.3 Å². The number of carbonyl (C=O) groups excluding carboxylic acids is 2. The van der Waals surface area contributed by atoms with Crippen molar-refractivity contribution in [3.05, 3.63) is 53.5 Å². The van der Waals surface area contributed by atoms with E-state index in [1.165, 1.54) is 7.05 Å². The molecule has 0 saturated carbocycles. The highest BCUT2D eigenvalue weighted by Crippen LogP contribution is 2.25. The number of rotatable bonds is 5. The molecule has 1 aliphatic rings. The zero-order valence-electron chi connectivity index (χ0n) is 18.1. The summed E-state index contributed by atoms with van der Waals surface area (Å²) in [6.07, 6.45) is 0. The van der Waals surface area contributed by atoms with Crippen LogP contribution in [0.3, 0.4) is 0 Å². The third kappa shape index (κ3) is 5.13. The maximum atomic E-state index is 12.9. The number of nitrogens with zero attached hydrogens (tertiary/aromatic N) is 4. The second kappa shape index (κ2) is 9.67. The molecule has 3 rings (SSSR count). The average molecular weight is 411 g/mol. The van der Waals surface area contributed by atoms with Gasteiger partial charge in [-0.25, -0.2) is 14.8 Å². The van der Waals surface area contributed by atoms with Gasteiger partial charge in [0.05, 0.1) is 0 Å². The first-order valence-electron chi connectivity index (χ1n) is 10.3. The molecule has 30 heavy (non-hydrogen) atoms. The van der Waals surface area contributed by atoms with E-state index in [4.69, 9.17) is 4.98 Å². The number of hydrogen-bond donors (Lipinski definition) is 2. The maximum absolute atomic E-state index is 12.9. The number of nitrogens with one attached hydrogen (secondary N) is 2. The van der Waals surface area contributed by atoms with Crippen molar-refractivity contribution in [2.24, 2.45) is 0 Å². The zero-order valence-corrected chi connectivity index (χ0v) is 18.1. The van der Waals surface area contributed by atoms with Gasteiger partial charge in [-0.05, 0) is 12.5 Å². The number of urea groups is 1. The Morgan fingerprint density at radius 1 is 1.03 bits per heavy atom. The summed E-state index contributed by atoms with van der Waals surface area (Å²) in [7, 11) is 1.49. The fraction of sp³-hybridized carbons (Fsp3) is 0.455. The van der Waals surface area contributed by atoms with Crippen LogP contribution in [0.5, 0.6) is 0 Å². The van der Waals surface area contributed by atoms with Crippen LogP contribution in [0.4, 0.5) is 10.6 Å². The molecule has 1 saturated heterocycles. The van der Waals surface area contributed by atoms with E-state index < -0.39 is 12.1 Å². The SMILES string of the molecule is CNC(=O)NC(=O)C(c1ccccc1)N1CCN(c2cc(C)nc(C(C)C)n2)CC1. The van der Waals surface area contributed by atoms with Crippen LogP contribution in [0.25, 0.3) is 0 Å². The van der Waals surface area contributed by atoms with Crippen molar-refractivity contribution in [3.8, 4) is 0 Å². The van der Waals surface area contributed by atoms with E-state index in [0.717, 1.165) is 36.0 Å². The third-order valence-electron chi connectivity index (χ3n) is 5.21. The molecule has 2 N–H and O–H groups in total. The molecule has 2 heterocycles. The highest BCUT2D eigenvalue weighted by molar-refractivity contribution is 5.97. The lowest BCUT2D eigenvalue weighted by atomic mass is 10.0. The van der Waals surface area contributed by atoms with E-state index in [9.17, 15) is 9.59 Å². The average Bonchev–Trinajstić information content (AvgIpc) is 2.74. The predicted octanol–water partition coefficient (Wildman–Crippen LogP) is 2.23. The smallest absolute Gasteiger partial charge is 0.321 e. The van der Waals surface area contributed by atoms with Gasteiger partial charge in [-0.2, -0.15) is 0 Å². The molecular weight excluding hydrogens is 380 g/mol. The van der Waals surface area contributed by atoms with E-state index in [-0.39, 0.29) is 11.8 Å². The lowest BCUT2D eigenvalue weighted by Crippen LogP contribution is -2.52. The summed E-state index contributed by atoms with van der Waals surface area (Å²) in [6, 6.07) is 10.5. The number of amides is 3. The molecule has 1 aromatic heterocycles. The third-order valence-corrected chi connectivity index (χ3v) is 5.21. The number of benzene rings is 1. The second-order valence-electron chi connectivity index (χ2n) is 7.79. The number of anilines is 1. The number of imide groups is 1. The fourth-order valence-corrected chi connectivity index (χ4v) is 3.61. The van der Waals surface area contributed by atoms with Gasteiger partial charge in [-0.15, -0.1) is 0 Å². The van der Waals surface area contributed by atoms with Gasteiger partial charge >= 0.3 is 6.03 Å². The Morgan fingerprint density at radius 2 is 1.70 bits per heavy atom. The topological polar surface area (TPSA) is 90.5 Å². The van der Waals surface area contributed by atoms with Crippen molar-refractivity contribution < 1.29 is 9.59 Å². The highest BCUT2D eigenvalue weighted by Gasteiger charge is 2.31. The molecule has 8 heteroatoms. The van der Waals surface area contributed by atoms with Gasteiger partial charge in [0.15, 0.2) is 0 Å². The van der Waals surface area contributed by atoms with Gasteiger partial charge in [-0.3, -0.25) is 15.0 Å². The van der Waals surface area contributed by atoms with Crippen molar-refractivity contribution >= 4 is 17.8 Å². The van der Waals surface area contributed by atoms with Gasteiger partial charge < -0.3 is 10.2 Å². The van der Waals surface area contributed by atoms with Crippen LogP contribution in [0.2, 0.25) is 0 Å². The molecule has 1 atom stereocenters. The molecule has 2 aromatic rings. The first kappa shape index (κ1) is 21.7. The Hall–Kier alpha value is -3.00. The van der Waals surface area contributed by atoms with Crippen LogP contribution >= 0.6 is 0 Å². The Kier molecular flexibility index (Phi) is 6.99. The van der Waals surface area contributed by atoms with Crippen LogP contribution in [-0.4, -0.2) is 60.0 Å². The summed E-state index contributed by atoms with van der Waals surface area (Å²) in [5.41, 5.74) is 1.82. The maximum Gasteiger partial charge on any atom is 0.321 e. The molecule has 3 amide bonds. The number of piperazine rings is 1. The summed E-state index contributed by atoms with van der Waals surface area (Å²) >= 11 is 0.